The van der Waals surface area contributed by atoms with Crippen molar-refractivity contribution in [3.63, 3.8) is 0 Å². The summed E-state index contributed by atoms with van der Waals surface area (Å²) < 4.78 is 18.2. The van der Waals surface area contributed by atoms with Gasteiger partial charge in [-0.25, -0.2) is 9.79 Å². The highest BCUT2D eigenvalue weighted by Gasteiger charge is 2.31. The first-order valence-electron chi connectivity index (χ1n) is 13.1. The molecule has 0 spiro atoms. The standard InChI is InChI=1S/C31H27N3O7S/c1-4-40-30(36)27-19(2)33-29(35)26(42-31(33)32-28(27)21-13-9-6-10-14-21)16-22-15-24(39-3)25(17-23(22)34(37)38)41-18-20-11-7-5-8-12-20/h5-17,28H,4,18H2,1-3H3/b26-16-/t28-/m1/s1. The number of nitrogens with zero attached hydrogens (tertiary/aromatic N) is 3. The SMILES string of the molecule is CCOC(=O)C1=C(C)n2c(s/c(=C\c3cc(OC)c(OCc4ccccc4)cc3[N+](=O)[O-])c2=O)=N[C@@H]1c1ccccc1. The molecule has 0 saturated carbocycles. The molecule has 0 fully saturated rings. The van der Waals surface area contributed by atoms with E-state index in [2.05, 4.69) is 0 Å². The summed E-state index contributed by atoms with van der Waals surface area (Å²) in [4.78, 5) is 43.3. The van der Waals surface area contributed by atoms with E-state index in [9.17, 15) is 19.7 Å². The predicted molar refractivity (Wildman–Crippen MR) is 158 cm³/mol. The van der Waals surface area contributed by atoms with Crippen molar-refractivity contribution in [1.29, 1.82) is 0 Å². The topological polar surface area (TPSA) is 122 Å². The van der Waals surface area contributed by atoms with Crippen molar-refractivity contribution < 1.29 is 23.9 Å². The number of nitro groups is 1. The molecule has 0 N–H and O–H groups in total. The molecule has 5 rings (SSSR count). The zero-order valence-electron chi connectivity index (χ0n) is 23.1. The molecule has 0 radical (unpaired) electrons. The Balaban J connectivity index is 1.63. The Hall–Kier alpha value is -5.03. The number of ether oxygens (including phenoxy) is 3. The van der Waals surface area contributed by atoms with Crippen molar-refractivity contribution in [3.05, 3.63) is 125 Å². The summed E-state index contributed by atoms with van der Waals surface area (Å²) in [6.07, 6.45) is 1.43. The highest BCUT2D eigenvalue weighted by atomic mass is 32.1. The second kappa shape index (κ2) is 12.2. The largest absolute Gasteiger partial charge is 0.493 e. The van der Waals surface area contributed by atoms with E-state index in [0.717, 1.165) is 22.5 Å². The predicted octanol–water partition coefficient (Wildman–Crippen LogP) is 4.40. The maximum Gasteiger partial charge on any atom is 0.338 e. The lowest BCUT2D eigenvalue weighted by Crippen LogP contribution is -2.35. The van der Waals surface area contributed by atoms with Crippen molar-refractivity contribution in [2.75, 3.05) is 13.7 Å². The number of allylic oxidation sites excluding steroid dienone is 1. The van der Waals surface area contributed by atoms with Crippen LogP contribution >= 0.6 is 11.3 Å². The van der Waals surface area contributed by atoms with Gasteiger partial charge in [0.2, 0.25) is 0 Å². The van der Waals surface area contributed by atoms with Gasteiger partial charge in [0.05, 0.1) is 40.4 Å². The molecule has 11 heteroatoms. The van der Waals surface area contributed by atoms with Gasteiger partial charge in [-0.1, -0.05) is 72.0 Å². The number of fused-ring (bicyclic) bond motifs is 1. The summed E-state index contributed by atoms with van der Waals surface area (Å²) in [5.74, 6) is -0.0852. The van der Waals surface area contributed by atoms with Crippen LogP contribution in [0.1, 0.15) is 36.6 Å². The monoisotopic (exact) mass is 585 g/mol. The second-order valence-corrected chi connectivity index (χ2v) is 10.3. The molecule has 0 unspecified atom stereocenters. The molecule has 3 aromatic carbocycles. The van der Waals surface area contributed by atoms with Crippen LogP contribution in [0.15, 0.2) is 88.2 Å². The van der Waals surface area contributed by atoms with Crippen LogP contribution in [-0.2, 0) is 16.1 Å². The van der Waals surface area contributed by atoms with Gasteiger partial charge in [-0.05, 0) is 37.1 Å². The van der Waals surface area contributed by atoms with Gasteiger partial charge in [0, 0.05) is 5.70 Å². The minimum Gasteiger partial charge on any atom is -0.493 e. The van der Waals surface area contributed by atoms with Gasteiger partial charge in [0.25, 0.3) is 11.2 Å². The van der Waals surface area contributed by atoms with Crippen LogP contribution in [-0.4, -0.2) is 29.2 Å². The van der Waals surface area contributed by atoms with Gasteiger partial charge in [-0.3, -0.25) is 19.5 Å². The van der Waals surface area contributed by atoms with Crippen molar-refractivity contribution in [2.45, 2.75) is 26.5 Å². The van der Waals surface area contributed by atoms with Crippen LogP contribution < -0.4 is 24.4 Å². The lowest BCUT2D eigenvalue weighted by Gasteiger charge is -2.22. The van der Waals surface area contributed by atoms with E-state index in [0.29, 0.717) is 10.5 Å². The zero-order valence-corrected chi connectivity index (χ0v) is 23.9. The molecule has 214 valence electrons. The number of thiazole rings is 1. The maximum absolute atomic E-state index is 13.6. The van der Waals surface area contributed by atoms with Crippen molar-refractivity contribution in [2.24, 2.45) is 4.99 Å². The summed E-state index contributed by atoms with van der Waals surface area (Å²) >= 11 is 1.08. The first-order chi connectivity index (χ1) is 20.3. The highest BCUT2D eigenvalue weighted by molar-refractivity contribution is 7.07. The summed E-state index contributed by atoms with van der Waals surface area (Å²) in [6, 6.07) is 20.7. The molecular formula is C31H27N3O7S. The fourth-order valence-corrected chi connectivity index (χ4v) is 5.71. The number of nitro benzene ring substituents is 1. The van der Waals surface area contributed by atoms with E-state index in [4.69, 9.17) is 19.2 Å². The molecule has 42 heavy (non-hydrogen) atoms. The average Bonchev–Trinajstić information content (AvgIpc) is 3.31. The lowest BCUT2D eigenvalue weighted by molar-refractivity contribution is -0.385. The van der Waals surface area contributed by atoms with Crippen LogP contribution in [0.2, 0.25) is 0 Å². The highest BCUT2D eigenvalue weighted by Crippen LogP contribution is 2.36. The second-order valence-electron chi connectivity index (χ2n) is 9.29. The number of hydrogen-bond acceptors (Lipinski definition) is 9. The Morgan fingerprint density at radius 1 is 1.10 bits per heavy atom. The molecule has 0 saturated heterocycles. The van der Waals surface area contributed by atoms with Crippen molar-refractivity contribution in [1.82, 2.24) is 4.57 Å². The van der Waals surface area contributed by atoms with Crippen LogP contribution in [0.5, 0.6) is 11.5 Å². The molecule has 10 nitrogen and oxygen atoms in total. The van der Waals surface area contributed by atoms with Crippen LogP contribution in [0.25, 0.3) is 11.8 Å². The van der Waals surface area contributed by atoms with E-state index in [1.54, 1.807) is 13.8 Å². The smallest absolute Gasteiger partial charge is 0.338 e. The number of esters is 1. The summed E-state index contributed by atoms with van der Waals surface area (Å²) in [6.45, 7) is 3.73. The van der Waals surface area contributed by atoms with Gasteiger partial charge in [0.1, 0.15) is 12.6 Å². The molecular weight excluding hydrogens is 558 g/mol. The molecule has 0 amide bonds. The van der Waals surface area contributed by atoms with Gasteiger partial charge in [-0.2, -0.15) is 0 Å². The van der Waals surface area contributed by atoms with E-state index < -0.39 is 22.5 Å². The third-order valence-electron chi connectivity index (χ3n) is 6.69. The fraction of sp³-hybridized carbons (Fsp3) is 0.194. The minimum atomic E-state index is -0.674. The minimum absolute atomic E-state index is 0.159. The summed E-state index contributed by atoms with van der Waals surface area (Å²) in [5.41, 5.74) is 1.75. The van der Waals surface area contributed by atoms with Crippen molar-refractivity contribution in [3.8, 4) is 11.5 Å². The normalized spacial score (nSPS) is 14.6. The summed E-state index contributed by atoms with van der Waals surface area (Å²) in [7, 11) is 1.44. The average molecular weight is 586 g/mol. The number of carbonyl (C=O) groups is 1. The molecule has 1 aliphatic heterocycles. The van der Waals surface area contributed by atoms with Gasteiger partial charge < -0.3 is 14.2 Å². The maximum atomic E-state index is 13.6. The third kappa shape index (κ3) is 5.59. The van der Waals surface area contributed by atoms with Crippen LogP contribution in [0.3, 0.4) is 0 Å². The molecule has 4 aromatic rings. The zero-order chi connectivity index (χ0) is 29.8. The van der Waals surface area contributed by atoms with Crippen LogP contribution in [0.4, 0.5) is 5.69 Å². The first-order valence-corrected chi connectivity index (χ1v) is 13.9. The Morgan fingerprint density at radius 3 is 2.43 bits per heavy atom. The lowest BCUT2D eigenvalue weighted by atomic mass is 9.97. The molecule has 2 heterocycles. The van der Waals surface area contributed by atoms with Gasteiger partial charge >= 0.3 is 5.97 Å². The molecule has 0 bridgehead atoms. The summed E-state index contributed by atoms with van der Waals surface area (Å²) in [5, 5.41) is 12.1. The number of rotatable bonds is 9. The van der Waals surface area contributed by atoms with Gasteiger partial charge in [0.15, 0.2) is 16.3 Å². The Bertz CT molecular complexity index is 1860. The van der Waals surface area contributed by atoms with E-state index in [-0.39, 0.29) is 46.1 Å². The quantitative estimate of drug-likeness (QED) is 0.162. The Labute approximate surface area is 244 Å². The van der Waals surface area contributed by atoms with E-state index in [1.807, 2.05) is 60.7 Å². The number of benzene rings is 3. The molecule has 1 aliphatic rings. The molecule has 1 atom stereocenters. The fourth-order valence-electron chi connectivity index (χ4n) is 4.68. The number of carbonyl (C=O) groups excluding carboxylic acids is 1. The third-order valence-corrected chi connectivity index (χ3v) is 7.67. The van der Waals surface area contributed by atoms with E-state index >= 15 is 0 Å². The van der Waals surface area contributed by atoms with Crippen molar-refractivity contribution >= 4 is 34.8 Å². The number of methoxy groups -OCH3 is 1. The number of hydrogen-bond donors (Lipinski definition) is 0. The van der Waals surface area contributed by atoms with E-state index in [1.165, 1.54) is 29.9 Å². The van der Waals surface area contributed by atoms with Gasteiger partial charge in [-0.15, -0.1) is 0 Å². The Morgan fingerprint density at radius 2 is 1.79 bits per heavy atom. The van der Waals surface area contributed by atoms with Crippen LogP contribution in [0, 0.1) is 10.1 Å². The molecule has 1 aromatic heterocycles. The Kier molecular flexibility index (Phi) is 8.30. The molecule has 0 aliphatic carbocycles. The number of aromatic nitrogens is 1. The first kappa shape index (κ1) is 28.5.